The van der Waals surface area contributed by atoms with Crippen LogP contribution in [0.1, 0.15) is 27.4 Å². The third-order valence-electron chi connectivity index (χ3n) is 4.44. The summed E-state index contributed by atoms with van der Waals surface area (Å²) in [6.07, 6.45) is 0. The molecule has 0 unspecified atom stereocenters. The molecular weight excluding hydrogens is 390 g/mol. The first-order valence-corrected chi connectivity index (χ1v) is 9.15. The van der Waals surface area contributed by atoms with Gasteiger partial charge < -0.3 is 19.3 Å². The van der Waals surface area contributed by atoms with Crippen LogP contribution < -0.4 is 15.4 Å². The van der Waals surface area contributed by atoms with Gasteiger partial charge in [0.25, 0.3) is 5.91 Å². The fraction of sp³-hybridized carbons (Fsp3) is 0.238. The van der Waals surface area contributed by atoms with E-state index in [1.54, 1.807) is 26.0 Å². The molecule has 156 valence electrons. The Kier molecular flexibility index (Phi) is 6.31. The van der Waals surface area contributed by atoms with E-state index < -0.39 is 24.5 Å². The number of hydrogen-bond acceptors (Lipinski definition) is 7. The average molecular weight is 411 g/mol. The van der Waals surface area contributed by atoms with Crippen LogP contribution in [0.5, 0.6) is 5.75 Å². The fourth-order valence-corrected chi connectivity index (χ4v) is 2.79. The minimum Gasteiger partial charge on any atom is -0.488 e. The normalized spacial score (nSPS) is 10.5. The number of nitrogens with zero attached hydrogens (tertiary/aromatic N) is 1. The summed E-state index contributed by atoms with van der Waals surface area (Å²) in [7, 11) is 1.37. The zero-order valence-electron chi connectivity index (χ0n) is 16.8. The highest BCUT2D eigenvalue weighted by atomic mass is 16.5. The summed E-state index contributed by atoms with van der Waals surface area (Å²) in [6.45, 7) is 3.12. The number of hydrogen-bond donors (Lipinski definition) is 2. The summed E-state index contributed by atoms with van der Waals surface area (Å²) in [5.74, 6) is -0.572. The molecular formula is C21H21N3O6. The van der Waals surface area contributed by atoms with Gasteiger partial charge in [-0.25, -0.2) is 9.59 Å². The van der Waals surface area contributed by atoms with Gasteiger partial charge in [0.05, 0.1) is 11.3 Å². The monoisotopic (exact) mass is 411 g/mol. The molecule has 9 nitrogen and oxygen atoms in total. The van der Waals surface area contributed by atoms with E-state index in [1.165, 1.54) is 7.05 Å². The van der Waals surface area contributed by atoms with E-state index in [1.807, 2.05) is 29.6 Å². The lowest BCUT2D eigenvalue weighted by Crippen LogP contribution is -2.39. The van der Waals surface area contributed by atoms with Crippen LogP contribution in [0.15, 0.2) is 40.9 Å². The van der Waals surface area contributed by atoms with Crippen LogP contribution in [0, 0.1) is 13.8 Å². The number of fused-ring (bicyclic) bond motifs is 1. The van der Waals surface area contributed by atoms with Gasteiger partial charge in [-0.05, 0) is 36.8 Å². The number of imide groups is 1. The lowest BCUT2D eigenvalue weighted by Gasteiger charge is -2.13. The lowest BCUT2D eigenvalue weighted by molar-refractivity contribution is -0.123. The van der Waals surface area contributed by atoms with Crippen molar-refractivity contribution in [2.24, 2.45) is 0 Å². The molecule has 0 bridgehead atoms. The number of esters is 1. The van der Waals surface area contributed by atoms with Gasteiger partial charge in [0.1, 0.15) is 23.7 Å². The first-order chi connectivity index (χ1) is 14.4. The van der Waals surface area contributed by atoms with Crippen LogP contribution in [-0.4, -0.2) is 36.7 Å². The van der Waals surface area contributed by atoms with E-state index in [2.05, 4.69) is 10.5 Å². The summed E-state index contributed by atoms with van der Waals surface area (Å²) >= 11 is 0. The molecule has 2 aromatic carbocycles. The van der Waals surface area contributed by atoms with Crippen LogP contribution in [0.3, 0.4) is 0 Å². The molecule has 0 fully saturated rings. The molecule has 0 radical (unpaired) electrons. The fourth-order valence-electron chi connectivity index (χ4n) is 2.79. The molecule has 0 saturated heterocycles. The highest BCUT2D eigenvalue weighted by Crippen LogP contribution is 2.28. The second kappa shape index (κ2) is 9.08. The maximum absolute atomic E-state index is 12.7. The Morgan fingerprint density at radius 1 is 1.10 bits per heavy atom. The molecule has 9 heteroatoms. The molecule has 0 aliphatic rings. The second-order valence-corrected chi connectivity index (χ2v) is 6.49. The SMILES string of the molecule is CNC(=O)NC(=O)COC(=O)c1cc2ccccc2cc1OCc1c(C)noc1C. The maximum atomic E-state index is 12.7. The van der Waals surface area contributed by atoms with E-state index in [0.717, 1.165) is 16.3 Å². The summed E-state index contributed by atoms with van der Waals surface area (Å²) < 4.78 is 16.1. The van der Waals surface area contributed by atoms with Crippen molar-refractivity contribution in [2.75, 3.05) is 13.7 Å². The van der Waals surface area contributed by atoms with Crippen molar-refractivity contribution < 1.29 is 28.4 Å². The van der Waals surface area contributed by atoms with Crippen molar-refractivity contribution in [3.8, 4) is 5.75 Å². The minimum atomic E-state index is -0.749. The summed E-state index contributed by atoms with van der Waals surface area (Å²) in [4.78, 5) is 35.5. The Balaban J connectivity index is 1.82. The third kappa shape index (κ3) is 4.75. The number of benzene rings is 2. The molecule has 3 rings (SSSR count). The van der Waals surface area contributed by atoms with Crippen molar-refractivity contribution in [3.63, 3.8) is 0 Å². The zero-order valence-corrected chi connectivity index (χ0v) is 16.8. The molecule has 30 heavy (non-hydrogen) atoms. The number of carbonyl (C=O) groups is 3. The molecule has 3 aromatic rings. The van der Waals surface area contributed by atoms with Crippen molar-refractivity contribution >= 4 is 28.7 Å². The quantitative estimate of drug-likeness (QED) is 0.598. The summed E-state index contributed by atoms with van der Waals surface area (Å²) in [6, 6.07) is 10.1. The number of urea groups is 1. The predicted octanol–water partition coefficient (Wildman–Crippen LogP) is 2.64. The number of rotatable bonds is 6. The van der Waals surface area contributed by atoms with E-state index in [0.29, 0.717) is 17.2 Å². The zero-order chi connectivity index (χ0) is 21.7. The summed E-state index contributed by atoms with van der Waals surface area (Å²) in [5, 5.41) is 9.84. The largest absolute Gasteiger partial charge is 0.488 e. The van der Waals surface area contributed by atoms with Crippen molar-refractivity contribution in [1.29, 1.82) is 0 Å². The third-order valence-corrected chi connectivity index (χ3v) is 4.44. The van der Waals surface area contributed by atoms with E-state index in [9.17, 15) is 14.4 Å². The highest BCUT2D eigenvalue weighted by molar-refractivity contribution is 6.00. The Hall–Kier alpha value is -3.88. The smallest absolute Gasteiger partial charge is 0.342 e. The van der Waals surface area contributed by atoms with Crippen molar-refractivity contribution in [1.82, 2.24) is 15.8 Å². The van der Waals surface area contributed by atoms with Gasteiger partial charge in [-0.1, -0.05) is 29.4 Å². The van der Waals surface area contributed by atoms with E-state index >= 15 is 0 Å². The number of amides is 3. The van der Waals surface area contributed by atoms with Crippen LogP contribution in [0.25, 0.3) is 10.8 Å². The van der Waals surface area contributed by atoms with E-state index in [-0.39, 0.29) is 12.2 Å². The first-order valence-electron chi connectivity index (χ1n) is 9.15. The van der Waals surface area contributed by atoms with Gasteiger partial charge >= 0.3 is 12.0 Å². The molecule has 1 aromatic heterocycles. The highest BCUT2D eigenvalue weighted by Gasteiger charge is 2.19. The second-order valence-electron chi connectivity index (χ2n) is 6.49. The number of aromatic nitrogens is 1. The minimum absolute atomic E-state index is 0.150. The Morgan fingerprint density at radius 2 is 1.80 bits per heavy atom. The van der Waals surface area contributed by atoms with Crippen molar-refractivity contribution in [3.05, 3.63) is 59.0 Å². The molecule has 0 saturated carbocycles. The van der Waals surface area contributed by atoms with Gasteiger partial charge in [-0.2, -0.15) is 0 Å². The van der Waals surface area contributed by atoms with E-state index in [4.69, 9.17) is 14.0 Å². The van der Waals surface area contributed by atoms with Crippen LogP contribution in [0.2, 0.25) is 0 Å². The van der Waals surface area contributed by atoms with Gasteiger partial charge in [0, 0.05) is 7.05 Å². The average Bonchev–Trinajstić information content (AvgIpc) is 3.06. The van der Waals surface area contributed by atoms with Crippen LogP contribution in [-0.2, 0) is 16.1 Å². The Bertz CT molecular complexity index is 1090. The lowest BCUT2D eigenvalue weighted by atomic mass is 10.1. The van der Waals surface area contributed by atoms with Crippen LogP contribution >= 0.6 is 0 Å². The van der Waals surface area contributed by atoms with Gasteiger partial charge in [-0.3, -0.25) is 10.1 Å². The van der Waals surface area contributed by atoms with Gasteiger partial charge in [-0.15, -0.1) is 0 Å². The predicted molar refractivity (Wildman–Crippen MR) is 107 cm³/mol. The van der Waals surface area contributed by atoms with Gasteiger partial charge in [0.2, 0.25) is 0 Å². The standard InChI is InChI=1S/C21H21N3O6/c1-12-17(13(2)30-24-12)10-28-18-9-15-7-5-4-6-14(15)8-16(18)20(26)29-11-19(25)23-21(27)22-3/h4-9H,10-11H2,1-3H3,(H2,22,23,25,27). The molecule has 0 aliphatic heterocycles. The topological polar surface area (TPSA) is 120 Å². The Labute approximate surface area is 172 Å². The maximum Gasteiger partial charge on any atom is 0.342 e. The first kappa shape index (κ1) is 20.8. The number of nitrogens with one attached hydrogen (secondary N) is 2. The molecule has 0 spiro atoms. The Morgan fingerprint density at radius 3 is 2.43 bits per heavy atom. The summed E-state index contributed by atoms with van der Waals surface area (Å²) in [5.41, 5.74) is 1.64. The number of ether oxygens (including phenoxy) is 2. The van der Waals surface area contributed by atoms with Gasteiger partial charge in [0.15, 0.2) is 6.61 Å². The molecule has 2 N–H and O–H groups in total. The molecule has 0 aliphatic carbocycles. The number of aryl methyl sites for hydroxylation is 2. The number of carbonyl (C=O) groups excluding carboxylic acids is 3. The van der Waals surface area contributed by atoms with Crippen molar-refractivity contribution in [2.45, 2.75) is 20.5 Å². The van der Waals surface area contributed by atoms with Crippen LogP contribution in [0.4, 0.5) is 4.79 Å². The molecule has 3 amide bonds. The molecule has 0 atom stereocenters. The molecule has 1 heterocycles.